The number of hydrogen-bond donors (Lipinski definition) is 0. The Hall–Kier alpha value is -2.64. The van der Waals surface area contributed by atoms with Crippen molar-refractivity contribution < 1.29 is 9.32 Å². The summed E-state index contributed by atoms with van der Waals surface area (Å²) in [6, 6.07) is 10.4. The molecule has 0 aliphatic carbocycles. The Morgan fingerprint density at radius 2 is 1.77 bits per heavy atom. The van der Waals surface area contributed by atoms with Gasteiger partial charge in [0.05, 0.1) is 23.0 Å². The lowest BCUT2D eigenvalue weighted by molar-refractivity contribution is 0.0617. The average Bonchev–Trinajstić information content (AvgIpc) is 3.23. The smallest absolute Gasteiger partial charge is 0.276 e. The highest BCUT2D eigenvalue weighted by atomic mass is 35.5. The Morgan fingerprint density at radius 3 is 2.40 bits per heavy atom. The van der Waals surface area contributed by atoms with Crippen LogP contribution in [0.4, 0.5) is 0 Å². The SMILES string of the molecule is Cc1nn(Cc2c(C(=O)N3CCN(Cc4ccccc4)CC3)noc2C)c(C)c1Cl. The monoisotopic (exact) mass is 427 g/mol. The first-order chi connectivity index (χ1) is 14.4. The number of amides is 1. The zero-order valence-electron chi connectivity index (χ0n) is 17.6. The van der Waals surface area contributed by atoms with Crippen molar-refractivity contribution in [3.05, 3.63) is 69.3 Å². The van der Waals surface area contributed by atoms with E-state index in [9.17, 15) is 4.79 Å². The summed E-state index contributed by atoms with van der Waals surface area (Å²) in [4.78, 5) is 17.4. The van der Waals surface area contributed by atoms with Crippen LogP contribution in [-0.4, -0.2) is 56.8 Å². The van der Waals surface area contributed by atoms with Crippen LogP contribution in [0.5, 0.6) is 0 Å². The molecule has 1 aromatic carbocycles. The van der Waals surface area contributed by atoms with Gasteiger partial charge in [0.2, 0.25) is 0 Å². The van der Waals surface area contributed by atoms with Crippen molar-refractivity contribution in [2.75, 3.05) is 26.2 Å². The predicted octanol–water partition coefficient (Wildman–Crippen LogP) is 3.46. The number of halogens is 1. The second-order valence-electron chi connectivity index (χ2n) is 7.76. The first-order valence-electron chi connectivity index (χ1n) is 10.1. The van der Waals surface area contributed by atoms with Crippen molar-refractivity contribution in [2.45, 2.75) is 33.9 Å². The van der Waals surface area contributed by atoms with Gasteiger partial charge in [-0.1, -0.05) is 47.1 Å². The quantitative estimate of drug-likeness (QED) is 0.623. The lowest BCUT2D eigenvalue weighted by atomic mass is 10.1. The predicted molar refractivity (Wildman–Crippen MR) is 115 cm³/mol. The standard InChI is InChI=1S/C22H26ClN5O2/c1-15-20(23)16(2)28(24-15)14-19-17(3)30-25-21(19)22(29)27-11-9-26(10-12-27)13-18-7-5-4-6-8-18/h4-8H,9-14H2,1-3H3. The van der Waals surface area contributed by atoms with Crippen molar-refractivity contribution >= 4 is 17.5 Å². The summed E-state index contributed by atoms with van der Waals surface area (Å²) >= 11 is 6.27. The van der Waals surface area contributed by atoms with Gasteiger partial charge in [-0.25, -0.2) is 0 Å². The number of hydrogen-bond acceptors (Lipinski definition) is 5. The topological polar surface area (TPSA) is 67.4 Å². The summed E-state index contributed by atoms with van der Waals surface area (Å²) < 4.78 is 7.17. The molecule has 1 aliphatic heterocycles. The molecule has 2 aromatic heterocycles. The van der Waals surface area contributed by atoms with Crippen LogP contribution < -0.4 is 0 Å². The fourth-order valence-electron chi connectivity index (χ4n) is 3.82. The second-order valence-corrected chi connectivity index (χ2v) is 8.14. The van der Waals surface area contributed by atoms with Crippen molar-refractivity contribution in [3.63, 3.8) is 0 Å². The normalized spacial score (nSPS) is 15.0. The Balaban J connectivity index is 1.44. The van der Waals surface area contributed by atoms with E-state index < -0.39 is 0 Å². The molecule has 1 fully saturated rings. The van der Waals surface area contributed by atoms with E-state index in [0.717, 1.165) is 36.6 Å². The number of nitrogens with zero attached hydrogens (tertiary/aromatic N) is 5. The Morgan fingerprint density at radius 1 is 1.07 bits per heavy atom. The summed E-state index contributed by atoms with van der Waals surface area (Å²) in [5.74, 6) is 0.540. The maximum absolute atomic E-state index is 13.2. The first-order valence-corrected chi connectivity index (χ1v) is 10.5. The minimum Gasteiger partial charge on any atom is -0.361 e. The molecule has 3 aromatic rings. The van der Waals surface area contributed by atoms with Crippen LogP contribution in [0, 0.1) is 20.8 Å². The van der Waals surface area contributed by atoms with E-state index in [1.807, 2.05) is 31.7 Å². The Bertz CT molecular complexity index is 1040. The van der Waals surface area contributed by atoms with Crippen molar-refractivity contribution in [3.8, 4) is 0 Å². The van der Waals surface area contributed by atoms with Gasteiger partial charge in [0.15, 0.2) is 5.69 Å². The molecule has 0 spiro atoms. The Labute approximate surface area is 181 Å². The largest absolute Gasteiger partial charge is 0.361 e. The zero-order valence-corrected chi connectivity index (χ0v) is 18.3. The number of rotatable bonds is 5. The van der Waals surface area contributed by atoms with E-state index in [4.69, 9.17) is 16.1 Å². The van der Waals surface area contributed by atoms with Gasteiger partial charge in [0.25, 0.3) is 5.91 Å². The third kappa shape index (κ3) is 4.13. The molecule has 1 amide bonds. The summed E-state index contributed by atoms with van der Waals surface area (Å²) in [5, 5.41) is 9.20. The number of carbonyl (C=O) groups excluding carboxylic acids is 1. The van der Waals surface area contributed by atoms with Gasteiger partial charge < -0.3 is 9.42 Å². The molecular weight excluding hydrogens is 402 g/mol. The van der Waals surface area contributed by atoms with Gasteiger partial charge in [-0.15, -0.1) is 0 Å². The van der Waals surface area contributed by atoms with Crippen LogP contribution in [0.2, 0.25) is 5.02 Å². The van der Waals surface area contributed by atoms with E-state index in [1.54, 1.807) is 4.68 Å². The van der Waals surface area contributed by atoms with Crippen LogP contribution in [0.1, 0.15) is 38.8 Å². The van der Waals surface area contributed by atoms with Crippen LogP contribution >= 0.6 is 11.6 Å². The molecule has 1 aliphatic rings. The third-order valence-corrected chi connectivity index (χ3v) is 6.24. The average molecular weight is 428 g/mol. The number of aromatic nitrogens is 3. The summed E-state index contributed by atoms with van der Waals surface area (Å²) in [6.45, 7) is 9.92. The lowest BCUT2D eigenvalue weighted by Crippen LogP contribution is -2.48. The van der Waals surface area contributed by atoms with Crippen molar-refractivity contribution in [1.29, 1.82) is 0 Å². The van der Waals surface area contributed by atoms with Crippen molar-refractivity contribution in [2.24, 2.45) is 0 Å². The van der Waals surface area contributed by atoms with Crippen LogP contribution in [0.15, 0.2) is 34.9 Å². The van der Waals surface area contributed by atoms with Gasteiger partial charge in [-0.05, 0) is 26.3 Å². The molecule has 4 rings (SSSR count). The van der Waals surface area contributed by atoms with Crippen LogP contribution in [0.25, 0.3) is 0 Å². The maximum atomic E-state index is 13.2. The number of piperazine rings is 1. The third-order valence-electron chi connectivity index (χ3n) is 5.70. The molecule has 0 bridgehead atoms. The highest BCUT2D eigenvalue weighted by Gasteiger charge is 2.28. The van der Waals surface area contributed by atoms with E-state index in [-0.39, 0.29) is 5.91 Å². The maximum Gasteiger partial charge on any atom is 0.276 e. The molecule has 7 nitrogen and oxygen atoms in total. The second kappa shape index (κ2) is 8.62. The zero-order chi connectivity index (χ0) is 21.3. The molecule has 1 saturated heterocycles. The molecule has 0 saturated carbocycles. The van der Waals surface area contributed by atoms with Gasteiger partial charge in [0, 0.05) is 38.3 Å². The summed E-state index contributed by atoms with van der Waals surface area (Å²) in [6.07, 6.45) is 0. The fraction of sp³-hybridized carbons (Fsp3) is 0.409. The molecule has 0 N–H and O–H groups in total. The summed E-state index contributed by atoms with van der Waals surface area (Å²) in [5.41, 5.74) is 4.05. The van der Waals surface area contributed by atoms with Gasteiger partial charge in [0.1, 0.15) is 5.76 Å². The molecule has 0 radical (unpaired) electrons. The lowest BCUT2D eigenvalue weighted by Gasteiger charge is -2.34. The number of benzene rings is 1. The van der Waals surface area contributed by atoms with E-state index >= 15 is 0 Å². The molecule has 0 unspecified atom stereocenters. The molecule has 158 valence electrons. The number of carbonyl (C=O) groups is 1. The highest BCUT2D eigenvalue weighted by molar-refractivity contribution is 6.31. The Kier molecular flexibility index (Phi) is 5.92. The minimum absolute atomic E-state index is 0.0890. The molecule has 30 heavy (non-hydrogen) atoms. The van der Waals surface area contributed by atoms with Gasteiger partial charge in [-0.3, -0.25) is 14.4 Å². The van der Waals surface area contributed by atoms with Crippen LogP contribution in [0.3, 0.4) is 0 Å². The highest BCUT2D eigenvalue weighted by Crippen LogP contribution is 2.23. The van der Waals surface area contributed by atoms with Gasteiger partial charge in [-0.2, -0.15) is 5.10 Å². The van der Waals surface area contributed by atoms with Crippen molar-refractivity contribution in [1.82, 2.24) is 24.7 Å². The molecular formula is C22H26ClN5O2. The van der Waals surface area contributed by atoms with E-state index in [1.165, 1.54) is 5.56 Å². The molecule has 3 heterocycles. The van der Waals surface area contributed by atoms with E-state index in [0.29, 0.717) is 36.1 Å². The first kappa shape index (κ1) is 20.6. The minimum atomic E-state index is -0.0890. The molecule has 8 heteroatoms. The fourth-order valence-corrected chi connectivity index (χ4v) is 3.96. The van der Waals surface area contributed by atoms with Gasteiger partial charge >= 0.3 is 0 Å². The molecule has 0 atom stereocenters. The van der Waals surface area contributed by atoms with Crippen LogP contribution in [-0.2, 0) is 13.1 Å². The summed E-state index contributed by atoms with van der Waals surface area (Å²) in [7, 11) is 0. The number of aryl methyl sites for hydroxylation is 2. The van der Waals surface area contributed by atoms with E-state index in [2.05, 4.69) is 39.4 Å².